The van der Waals surface area contributed by atoms with Crippen molar-refractivity contribution in [2.75, 3.05) is 77.4 Å². The molecular weight excluding hydrogens is 666 g/mol. The Morgan fingerprint density at radius 3 is 2.35 bits per heavy atom. The standard InChI is InChI=1S/C38H51N7O7/c1-26-23-27(24-32-34(26)40(2)37(49)51-32)25-33(35(47)43-12-8-29(9-13-43)42-19-17-41(18-20-42)21-22-46)52-38(50)44-14-10-30(11-15-44)45-16-7-28-5-3-4-6-31(28)39-36(45)48/h3-6,23-24,29-30,33,46H,7-22,25H2,1-2H3,(H,39,48)/t33-/m1/s1. The first-order valence-electron chi connectivity index (χ1n) is 18.7. The maximum atomic E-state index is 14.2. The number of piperidine rings is 2. The number of rotatable bonds is 8. The van der Waals surface area contributed by atoms with Crippen LogP contribution < -0.4 is 11.1 Å². The van der Waals surface area contributed by atoms with Gasteiger partial charge in [0.2, 0.25) is 0 Å². The van der Waals surface area contributed by atoms with Gasteiger partial charge in [0, 0.05) is 96.7 Å². The van der Waals surface area contributed by atoms with E-state index in [0.717, 1.165) is 67.8 Å². The van der Waals surface area contributed by atoms with E-state index in [0.29, 0.717) is 69.3 Å². The minimum absolute atomic E-state index is 0.00928. The number of aliphatic hydroxyl groups is 1. The number of piperazine rings is 1. The van der Waals surface area contributed by atoms with Crippen LogP contribution in [0.5, 0.6) is 0 Å². The number of para-hydroxylation sites is 1. The van der Waals surface area contributed by atoms with Crippen LogP contribution in [0.4, 0.5) is 15.3 Å². The Morgan fingerprint density at radius 1 is 0.923 bits per heavy atom. The topological polar surface area (TPSA) is 144 Å². The highest BCUT2D eigenvalue weighted by atomic mass is 16.6. The number of oxazole rings is 1. The van der Waals surface area contributed by atoms with E-state index in [9.17, 15) is 24.3 Å². The second-order valence-corrected chi connectivity index (χ2v) is 14.7. The molecule has 7 rings (SSSR count). The van der Waals surface area contributed by atoms with E-state index < -0.39 is 18.0 Å². The fraction of sp³-hybridized carbons (Fsp3) is 0.579. The largest absolute Gasteiger partial charge is 0.436 e. The van der Waals surface area contributed by atoms with Crippen molar-refractivity contribution in [2.45, 2.75) is 63.6 Å². The molecule has 3 saturated heterocycles. The Kier molecular flexibility index (Phi) is 10.9. The number of ether oxygens (including phenoxy) is 1. The first-order chi connectivity index (χ1) is 25.2. The van der Waals surface area contributed by atoms with E-state index in [1.54, 1.807) is 18.0 Å². The molecule has 4 aliphatic heterocycles. The molecule has 1 aromatic heterocycles. The minimum Gasteiger partial charge on any atom is -0.436 e. The molecular formula is C38H51N7O7. The number of amides is 4. The van der Waals surface area contributed by atoms with Crippen molar-refractivity contribution >= 4 is 34.8 Å². The molecule has 52 heavy (non-hydrogen) atoms. The van der Waals surface area contributed by atoms with E-state index in [-0.39, 0.29) is 31.0 Å². The maximum Gasteiger partial charge on any atom is 0.419 e. The van der Waals surface area contributed by atoms with Crippen LogP contribution in [0.25, 0.3) is 11.1 Å². The Bertz CT molecular complexity index is 1820. The molecule has 0 unspecified atom stereocenters. The second-order valence-electron chi connectivity index (χ2n) is 14.7. The number of likely N-dealkylation sites (tertiary alicyclic amines) is 2. The lowest BCUT2D eigenvalue weighted by molar-refractivity contribution is -0.142. The number of fused-ring (bicyclic) bond motifs is 2. The monoisotopic (exact) mass is 717 g/mol. The SMILES string of the molecule is Cc1cc(C[C@@H](OC(=O)N2CCC(N3CCc4ccccc4NC3=O)CC2)C(=O)N2CCC(N3CCN(CCO)CC3)CC2)cc2oc(=O)n(C)c12. The summed E-state index contributed by atoms with van der Waals surface area (Å²) in [6, 6.07) is 11.8. The highest BCUT2D eigenvalue weighted by Gasteiger charge is 2.36. The zero-order valence-electron chi connectivity index (χ0n) is 30.3. The molecule has 0 spiro atoms. The molecule has 0 bridgehead atoms. The number of carbonyl (C=O) groups is 3. The highest BCUT2D eigenvalue weighted by molar-refractivity contribution is 5.91. The summed E-state index contributed by atoms with van der Waals surface area (Å²) in [4.78, 5) is 63.5. The molecule has 1 atom stereocenters. The predicted molar refractivity (Wildman–Crippen MR) is 195 cm³/mol. The summed E-state index contributed by atoms with van der Waals surface area (Å²) in [7, 11) is 1.66. The number of aryl methyl sites for hydroxylation is 2. The number of urea groups is 1. The number of nitrogens with one attached hydrogen (secondary N) is 1. The van der Waals surface area contributed by atoms with Gasteiger partial charge in [0.05, 0.1) is 12.1 Å². The number of hydrogen-bond donors (Lipinski definition) is 2. The summed E-state index contributed by atoms with van der Waals surface area (Å²) in [5.74, 6) is -0.680. The van der Waals surface area contributed by atoms with Gasteiger partial charge in [-0.3, -0.25) is 19.2 Å². The third kappa shape index (κ3) is 7.69. The summed E-state index contributed by atoms with van der Waals surface area (Å²) >= 11 is 0. The minimum atomic E-state index is -1.05. The van der Waals surface area contributed by atoms with Crippen LogP contribution in [0.1, 0.15) is 42.4 Å². The van der Waals surface area contributed by atoms with Gasteiger partial charge in [0.15, 0.2) is 11.7 Å². The quantitative estimate of drug-likeness (QED) is 0.360. The molecule has 0 aliphatic carbocycles. The van der Waals surface area contributed by atoms with E-state index >= 15 is 0 Å². The molecule has 4 aliphatic rings. The molecule has 14 heteroatoms. The fourth-order valence-corrected chi connectivity index (χ4v) is 8.53. The van der Waals surface area contributed by atoms with Crippen LogP contribution in [0.3, 0.4) is 0 Å². The third-order valence-electron chi connectivity index (χ3n) is 11.5. The van der Waals surface area contributed by atoms with Gasteiger partial charge < -0.3 is 34.3 Å². The molecule has 2 N–H and O–H groups in total. The van der Waals surface area contributed by atoms with Crippen molar-refractivity contribution < 1.29 is 28.6 Å². The lowest BCUT2D eigenvalue weighted by atomic mass is 9.99. The number of benzene rings is 2. The normalized spacial score (nSPS) is 20.4. The summed E-state index contributed by atoms with van der Waals surface area (Å²) in [6.45, 7) is 9.11. The highest BCUT2D eigenvalue weighted by Crippen LogP contribution is 2.27. The molecule has 4 amide bonds. The second kappa shape index (κ2) is 15.7. The summed E-state index contributed by atoms with van der Waals surface area (Å²) in [5, 5.41) is 12.3. The van der Waals surface area contributed by atoms with Crippen molar-refractivity contribution in [2.24, 2.45) is 7.05 Å². The van der Waals surface area contributed by atoms with E-state index in [1.165, 1.54) is 4.57 Å². The van der Waals surface area contributed by atoms with Crippen molar-refractivity contribution in [3.8, 4) is 0 Å². The van der Waals surface area contributed by atoms with E-state index in [4.69, 9.17) is 9.15 Å². The Balaban J connectivity index is 1.01. The molecule has 0 radical (unpaired) electrons. The molecule has 0 saturated carbocycles. The van der Waals surface area contributed by atoms with Gasteiger partial charge >= 0.3 is 17.9 Å². The first-order valence-corrected chi connectivity index (χ1v) is 18.7. The van der Waals surface area contributed by atoms with Crippen LogP contribution in [-0.4, -0.2) is 142 Å². The molecule has 14 nitrogen and oxygen atoms in total. The Labute approximate surface area is 303 Å². The van der Waals surface area contributed by atoms with E-state index in [1.807, 2.05) is 47.1 Å². The van der Waals surface area contributed by atoms with Gasteiger partial charge in [-0.25, -0.2) is 14.4 Å². The van der Waals surface area contributed by atoms with Crippen molar-refractivity contribution in [1.82, 2.24) is 29.1 Å². The van der Waals surface area contributed by atoms with Crippen LogP contribution in [-0.2, 0) is 29.4 Å². The first kappa shape index (κ1) is 36.0. The number of aliphatic hydroxyl groups excluding tert-OH is 1. The molecule has 3 fully saturated rings. The lowest BCUT2D eigenvalue weighted by Crippen LogP contribution is -2.55. The van der Waals surface area contributed by atoms with Crippen molar-refractivity contribution in [3.63, 3.8) is 0 Å². The maximum absolute atomic E-state index is 14.2. The van der Waals surface area contributed by atoms with Gasteiger partial charge in [0.1, 0.15) is 0 Å². The smallest absolute Gasteiger partial charge is 0.419 e. The van der Waals surface area contributed by atoms with Crippen molar-refractivity contribution in [3.05, 3.63) is 63.6 Å². The summed E-state index contributed by atoms with van der Waals surface area (Å²) in [5.41, 5.74) is 4.66. The molecule has 5 heterocycles. The van der Waals surface area contributed by atoms with Crippen LogP contribution in [0.15, 0.2) is 45.6 Å². The lowest BCUT2D eigenvalue weighted by Gasteiger charge is -2.43. The van der Waals surface area contributed by atoms with Gasteiger partial charge in [-0.1, -0.05) is 24.3 Å². The zero-order chi connectivity index (χ0) is 36.4. The van der Waals surface area contributed by atoms with Crippen molar-refractivity contribution in [1.29, 1.82) is 0 Å². The Hall–Kier alpha value is -4.40. The molecule has 280 valence electrons. The number of carbonyl (C=O) groups excluding carboxylic acids is 3. The number of β-amino-alcohol motifs (C(OH)–C–C–N with tert-alkyl or cyclic N) is 1. The number of nitrogens with zero attached hydrogens (tertiary/aromatic N) is 6. The van der Waals surface area contributed by atoms with Gasteiger partial charge in [-0.2, -0.15) is 0 Å². The molecule has 2 aromatic carbocycles. The third-order valence-corrected chi connectivity index (χ3v) is 11.5. The summed E-state index contributed by atoms with van der Waals surface area (Å²) in [6.07, 6.45) is 2.24. The zero-order valence-corrected chi connectivity index (χ0v) is 30.3. The van der Waals surface area contributed by atoms with Crippen LogP contribution in [0.2, 0.25) is 0 Å². The van der Waals surface area contributed by atoms with Gasteiger partial charge in [-0.05, 0) is 67.9 Å². The van der Waals surface area contributed by atoms with Crippen LogP contribution >= 0.6 is 0 Å². The van der Waals surface area contributed by atoms with Crippen LogP contribution in [0, 0.1) is 6.92 Å². The average molecular weight is 718 g/mol. The predicted octanol–water partition coefficient (Wildman–Crippen LogP) is 2.64. The van der Waals surface area contributed by atoms with E-state index in [2.05, 4.69) is 15.1 Å². The summed E-state index contributed by atoms with van der Waals surface area (Å²) < 4.78 is 13.0. The number of aromatic nitrogens is 1. The average Bonchev–Trinajstić information content (AvgIpc) is 3.33. The molecule has 3 aromatic rings. The number of anilines is 1. The van der Waals surface area contributed by atoms with Gasteiger partial charge in [0.25, 0.3) is 5.91 Å². The van der Waals surface area contributed by atoms with Gasteiger partial charge in [-0.15, -0.1) is 0 Å². The number of hydrogen-bond acceptors (Lipinski definition) is 9. The Morgan fingerprint density at radius 2 is 1.62 bits per heavy atom. The fourth-order valence-electron chi connectivity index (χ4n) is 8.53.